The lowest BCUT2D eigenvalue weighted by Gasteiger charge is -2.43. The van der Waals surface area contributed by atoms with E-state index in [0.717, 1.165) is 12.0 Å². The van der Waals surface area contributed by atoms with E-state index in [0.29, 0.717) is 41.9 Å². The van der Waals surface area contributed by atoms with Crippen molar-refractivity contribution >= 4 is 17.7 Å². The van der Waals surface area contributed by atoms with Crippen LogP contribution >= 0.6 is 0 Å². The molecule has 1 N–H and O–H groups in total. The Morgan fingerprint density at radius 3 is 2.64 bits per heavy atom. The molecule has 0 bridgehead atoms. The number of carbonyl (C=O) groups is 3. The summed E-state index contributed by atoms with van der Waals surface area (Å²) in [7, 11) is 2.33. The first-order valence-electron chi connectivity index (χ1n) is 12.8. The monoisotopic (exact) mass is 451 g/mol. The molecule has 2 aliphatic carbocycles. The maximum absolute atomic E-state index is 13.0. The summed E-state index contributed by atoms with van der Waals surface area (Å²) in [6, 6.07) is 6.93. The van der Waals surface area contributed by atoms with E-state index >= 15 is 0 Å². The Morgan fingerprint density at radius 2 is 1.91 bits per heavy atom. The number of hydrogen-bond donors (Lipinski definition) is 1. The van der Waals surface area contributed by atoms with Gasteiger partial charge in [-0.05, 0) is 81.0 Å². The highest BCUT2D eigenvalue weighted by Gasteiger charge is 2.46. The molecule has 2 saturated carbocycles. The van der Waals surface area contributed by atoms with E-state index in [2.05, 4.69) is 43.2 Å². The minimum Gasteiger partial charge on any atom is -0.322 e. The third-order valence-electron chi connectivity index (χ3n) is 9.14. The first-order valence-corrected chi connectivity index (χ1v) is 12.8. The number of piperidine rings is 1. The smallest absolute Gasteiger partial charge is 0.255 e. The fourth-order valence-electron chi connectivity index (χ4n) is 6.41. The van der Waals surface area contributed by atoms with Crippen LogP contribution in [0, 0.1) is 11.3 Å². The van der Waals surface area contributed by atoms with Gasteiger partial charge >= 0.3 is 0 Å². The SMILES string of the molecule is CC(N(C)C1CCCC[C@@H]1Cc1ccc2c(c1)CN(C1CCC(=O)NC1=O)C2=O)C1(C)CC1. The molecule has 3 fully saturated rings. The van der Waals surface area contributed by atoms with E-state index in [9.17, 15) is 14.4 Å². The van der Waals surface area contributed by atoms with Gasteiger partial charge in [-0.1, -0.05) is 31.9 Å². The molecule has 178 valence electrons. The number of imide groups is 1. The summed E-state index contributed by atoms with van der Waals surface area (Å²) in [5, 5.41) is 2.38. The van der Waals surface area contributed by atoms with Crippen molar-refractivity contribution in [1.82, 2.24) is 15.1 Å². The van der Waals surface area contributed by atoms with Crippen LogP contribution < -0.4 is 5.32 Å². The quantitative estimate of drug-likeness (QED) is 0.670. The Hall–Kier alpha value is -2.21. The van der Waals surface area contributed by atoms with Crippen molar-refractivity contribution < 1.29 is 14.4 Å². The van der Waals surface area contributed by atoms with Crippen molar-refractivity contribution in [2.24, 2.45) is 11.3 Å². The van der Waals surface area contributed by atoms with E-state index in [1.807, 2.05) is 6.07 Å². The molecule has 1 saturated heterocycles. The lowest BCUT2D eigenvalue weighted by molar-refractivity contribution is -0.136. The molecule has 2 aliphatic heterocycles. The molecule has 2 heterocycles. The van der Waals surface area contributed by atoms with E-state index in [1.54, 1.807) is 4.90 Å². The van der Waals surface area contributed by atoms with Gasteiger partial charge in [0.2, 0.25) is 11.8 Å². The largest absolute Gasteiger partial charge is 0.322 e. The van der Waals surface area contributed by atoms with Crippen molar-refractivity contribution in [1.29, 1.82) is 0 Å². The summed E-state index contributed by atoms with van der Waals surface area (Å²) < 4.78 is 0. The van der Waals surface area contributed by atoms with Gasteiger partial charge in [0, 0.05) is 30.6 Å². The second-order valence-electron chi connectivity index (χ2n) is 11.2. The zero-order chi connectivity index (χ0) is 23.3. The molecule has 5 rings (SSSR count). The molecular formula is C27H37N3O3. The molecule has 33 heavy (non-hydrogen) atoms. The van der Waals surface area contributed by atoms with Gasteiger partial charge in [-0.15, -0.1) is 0 Å². The van der Waals surface area contributed by atoms with Crippen LogP contribution in [-0.2, 0) is 22.6 Å². The summed E-state index contributed by atoms with van der Waals surface area (Å²) in [4.78, 5) is 41.1. The van der Waals surface area contributed by atoms with Gasteiger partial charge in [0.05, 0.1) is 0 Å². The van der Waals surface area contributed by atoms with Gasteiger partial charge in [0.1, 0.15) is 6.04 Å². The number of amides is 3. The van der Waals surface area contributed by atoms with E-state index in [-0.39, 0.29) is 24.1 Å². The molecule has 0 radical (unpaired) electrons. The highest BCUT2D eigenvalue weighted by molar-refractivity contribution is 6.05. The summed E-state index contributed by atoms with van der Waals surface area (Å²) in [5.74, 6) is -0.0540. The topological polar surface area (TPSA) is 69.7 Å². The number of carbonyl (C=O) groups excluding carboxylic acids is 3. The molecule has 1 aromatic rings. The van der Waals surface area contributed by atoms with Crippen LogP contribution in [0.1, 0.15) is 86.7 Å². The maximum Gasteiger partial charge on any atom is 0.255 e. The lowest BCUT2D eigenvalue weighted by Crippen LogP contribution is -2.52. The van der Waals surface area contributed by atoms with Gasteiger partial charge in [0.25, 0.3) is 5.91 Å². The summed E-state index contributed by atoms with van der Waals surface area (Å²) >= 11 is 0. The van der Waals surface area contributed by atoms with E-state index in [1.165, 1.54) is 44.1 Å². The fourth-order valence-corrected chi connectivity index (χ4v) is 6.41. The molecule has 3 unspecified atom stereocenters. The van der Waals surface area contributed by atoms with Gasteiger partial charge in [0.15, 0.2) is 0 Å². The summed E-state index contributed by atoms with van der Waals surface area (Å²) in [5.41, 5.74) is 3.50. The van der Waals surface area contributed by atoms with Crippen molar-refractivity contribution in [3.8, 4) is 0 Å². The minimum absolute atomic E-state index is 0.0900. The van der Waals surface area contributed by atoms with Gasteiger partial charge in [-0.25, -0.2) is 0 Å². The molecule has 0 spiro atoms. The average Bonchev–Trinajstić information content (AvgIpc) is 3.47. The Kier molecular flexibility index (Phi) is 5.84. The molecule has 4 aliphatic rings. The molecule has 1 aromatic carbocycles. The Morgan fingerprint density at radius 1 is 1.15 bits per heavy atom. The van der Waals surface area contributed by atoms with Crippen molar-refractivity contribution in [2.75, 3.05) is 7.05 Å². The van der Waals surface area contributed by atoms with E-state index < -0.39 is 6.04 Å². The fraction of sp³-hybridized carbons (Fsp3) is 0.667. The minimum atomic E-state index is -0.548. The van der Waals surface area contributed by atoms with E-state index in [4.69, 9.17) is 0 Å². The lowest BCUT2D eigenvalue weighted by atomic mass is 9.78. The number of benzene rings is 1. The number of fused-ring (bicyclic) bond motifs is 1. The zero-order valence-electron chi connectivity index (χ0n) is 20.2. The maximum atomic E-state index is 13.0. The van der Waals surface area contributed by atoms with Gasteiger partial charge < -0.3 is 4.90 Å². The van der Waals surface area contributed by atoms with Crippen molar-refractivity contribution in [2.45, 2.75) is 96.3 Å². The first kappa shape index (κ1) is 22.6. The predicted octanol–water partition coefficient (Wildman–Crippen LogP) is 3.67. The molecule has 4 atom stereocenters. The number of hydrogen-bond acceptors (Lipinski definition) is 4. The Balaban J connectivity index is 1.29. The zero-order valence-corrected chi connectivity index (χ0v) is 20.2. The summed E-state index contributed by atoms with van der Waals surface area (Å²) in [6.07, 6.45) is 9.57. The third-order valence-corrected chi connectivity index (χ3v) is 9.14. The predicted molar refractivity (Wildman–Crippen MR) is 127 cm³/mol. The molecule has 3 amide bonds. The molecule has 6 heteroatoms. The standard InChI is InChI=1S/C27H37N3O3/c1-17(27(2)12-13-27)29(3)22-7-5-4-6-19(22)14-18-8-9-21-20(15-18)16-30(26(21)33)23-10-11-24(31)28-25(23)32/h8-9,15,17,19,22-23H,4-7,10-14,16H2,1-3H3,(H,28,31,32)/t17?,19-,22?,23?/m1/s1. The van der Waals surface area contributed by atoms with Crippen molar-refractivity contribution in [3.63, 3.8) is 0 Å². The van der Waals surface area contributed by atoms with Crippen LogP contribution in [0.25, 0.3) is 0 Å². The number of nitrogens with zero attached hydrogens (tertiary/aromatic N) is 2. The normalized spacial score (nSPS) is 29.8. The van der Waals surface area contributed by atoms with Gasteiger partial charge in [-0.2, -0.15) is 0 Å². The summed E-state index contributed by atoms with van der Waals surface area (Å²) in [6.45, 7) is 5.29. The average molecular weight is 452 g/mol. The van der Waals surface area contributed by atoms with Crippen LogP contribution in [-0.4, -0.2) is 52.7 Å². The van der Waals surface area contributed by atoms with Crippen LogP contribution in [0.2, 0.25) is 0 Å². The van der Waals surface area contributed by atoms with Gasteiger partial charge in [-0.3, -0.25) is 24.6 Å². The molecular weight excluding hydrogens is 414 g/mol. The Bertz CT molecular complexity index is 969. The first-order chi connectivity index (χ1) is 15.8. The van der Waals surface area contributed by atoms with Crippen LogP contribution in [0.5, 0.6) is 0 Å². The number of nitrogens with one attached hydrogen (secondary N) is 1. The van der Waals surface area contributed by atoms with Crippen LogP contribution in [0.15, 0.2) is 18.2 Å². The van der Waals surface area contributed by atoms with Crippen molar-refractivity contribution in [3.05, 3.63) is 34.9 Å². The Labute approximate surface area is 197 Å². The third kappa shape index (κ3) is 4.23. The second-order valence-corrected chi connectivity index (χ2v) is 11.2. The van der Waals surface area contributed by atoms with Crippen LogP contribution in [0.4, 0.5) is 0 Å². The highest BCUT2D eigenvalue weighted by atomic mass is 16.2. The number of rotatable bonds is 6. The van der Waals surface area contributed by atoms with Crippen LogP contribution in [0.3, 0.4) is 0 Å². The highest BCUT2D eigenvalue weighted by Crippen LogP contribution is 2.50. The molecule has 6 nitrogen and oxygen atoms in total. The molecule has 0 aromatic heterocycles. The second kappa shape index (κ2) is 8.53.